The Bertz CT molecular complexity index is 397. The van der Waals surface area contributed by atoms with Crippen molar-refractivity contribution in [1.29, 1.82) is 0 Å². The van der Waals surface area contributed by atoms with Crippen molar-refractivity contribution in [1.82, 2.24) is 9.78 Å². The normalized spacial score (nSPS) is 19.7. The third kappa shape index (κ3) is 2.47. The molecule has 1 aliphatic heterocycles. The molecule has 1 fully saturated rings. The lowest BCUT2D eigenvalue weighted by Crippen LogP contribution is -2.24. The van der Waals surface area contributed by atoms with Crippen molar-refractivity contribution in [2.75, 3.05) is 23.7 Å². The molecule has 0 spiro atoms. The van der Waals surface area contributed by atoms with Gasteiger partial charge in [-0.05, 0) is 32.1 Å². The molecule has 1 saturated heterocycles. The van der Waals surface area contributed by atoms with Crippen molar-refractivity contribution in [3.63, 3.8) is 0 Å². The van der Waals surface area contributed by atoms with Crippen molar-refractivity contribution in [2.24, 2.45) is 5.92 Å². The molecule has 1 aliphatic rings. The smallest absolute Gasteiger partial charge is 0.150 e. The van der Waals surface area contributed by atoms with Crippen LogP contribution in [0.4, 0.5) is 11.5 Å². The largest absolute Gasteiger partial charge is 0.394 e. The molecule has 1 atom stereocenters. The van der Waals surface area contributed by atoms with Crippen LogP contribution in [0.1, 0.15) is 45.2 Å². The summed E-state index contributed by atoms with van der Waals surface area (Å²) < 4.78 is 2.10. The third-order valence-electron chi connectivity index (χ3n) is 3.86. The zero-order valence-corrected chi connectivity index (χ0v) is 11.9. The van der Waals surface area contributed by atoms with Crippen LogP contribution in [0.25, 0.3) is 0 Å². The van der Waals surface area contributed by atoms with Gasteiger partial charge in [0.25, 0.3) is 0 Å². The standard InChI is InChI=1S/C14H26N4/c1-4-6-12-7-9-17(10-12)14-13(15)11(3)16-18(14)8-5-2/h12H,4-10,15H2,1-3H3. The molecule has 4 nitrogen and oxygen atoms in total. The van der Waals surface area contributed by atoms with E-state index in [0.717, 1.165) is 49.2 Å². The van der Waals surface area contributed by atoms with Gasteiger partial charge in [0.15, 0.2) is 5.82 Å². The zero-order chi connectivity index (χ0) is 13.1. The topological polar surface area (TPSA) is 47.1 Å². The van der Waals surface area contributed by atoms with Crippen LogP contribution in [0.15, 0.2) is 0 Å². The second-order valence-electron chi connectivity index (χ2n) is 5.44. The minimum atomic E-state index is 0.833. The van der Waals surface area contributed by atoms with E-state index in [1.807, 2.05) is 6.92 Å². The Morgan fingerprint density at radius 3 is 2.78 bits per heavy atom. The monoisotopic (exact) mass is 250 g/mol. The lowest BCUT2D eigenvalue weighted by atomic mass is 10.0. The Labute approximate surface area is 110 Å². The summed E-state index contributed by atoms with van der Waals surface area (Å²) >= 11 is 0. The number of aryl methyl sites for hydroxylation is 2. The number of nitrogens with two attached hydrogens (primary N) is 1. The van der Waals surface area contributed by atoms with Crippen LogP contribution >= 0.6 is 0 Å². The number of nitrogens with zero attached hydrogens (tertiary/aromatic N) is 3. The highest BCUT2D eigenvalue weighted by molar-refractivity contribution is 5.66. The fourth-order valence-electron chi connectivity index (χ4n) is 2.95. The molecule has 0 radical (unpaired) electrons. The van der Waals surface area contributed by atoms with Crippen LogP contribution < -0.4 is 10.6 Å². The summed E-state index contributed by atoms with van der Waals surface area (Å²) in [6.07, 6.45) is 5.00. The van der Waals surface area contributed by atoms with E-state index in [1.165, 1.54) is 19.3 Å². The van der Waals surface area contributed by atoms with Crippen molar-refractivity contribution in [3.05, 3.63) is 5.69 Å². The maximum absolute atomic E-state index is 6.21. The van der Waals surface area contributed by atoms with Crippen LogP contribution in [-0.4, -0.2) is 22.9 Å². The molecule has 18 heavy (non-hydrogen) atoms. The van der Waals surface area contributed by atoms with Gasteiger partial charge in [-0.1, -0.05) is 20.3 Å². The van der Waals surface area contributed by atoms with Gasteiger partial charge in [-0.15, -0.1) is 0 Å². The molecule has 1 aromatic rings. The number of rotatable bonds is 5. The number of hydrogen-bond donors (Lipinski definition) is 1. The summed E-state index contributed by atoms with van der Waals surface area (Å²) in [4.78, 5) is 2.44. The van der Waals surface area contributed by atoms with Gasteiger partial charge in [-0.3, -0.25) is 0 Å². The first-order valence-corrected chi connectivity index (χ1v) is 7.25. The van der Waals surface area contributed by atoms with Crippen LogP contribution in [0.2, 0.25) is 0 Å². The molecular formula is C14H26N4. The molecule has 0 saturated carbocycles. The SMILES string of the molecule is CCCC1CCN(c2c(N)c(C)nn2CCC)C1. The quantitative estimate of drug-likeness (QED) is 0.874. The van der Waals surface area contributed by atoms with Crippen molar-refractivity contribution >= 4 is 11.5 Å². The molecule has 2 N–H and O–H groups in total. The van der Waals surface area contributed by atoms with Crippen molar-refractivity contribution in [2.45, 2.75) is 53.0 Å². The summed E-state index contributed by atoms with van der Waals surface area (Å²) in [5.41, 5.74) is 8.05. The van der Waals surface area contributed by atoms with Crippen molar-refractivity contribution in [3.8, 4) is 0 Å². The molecule has 2 rings (SSSR count). The first kappa shape index (κ1) is 13.2. The van der Waals surface area contributed by atoms with Gasteiger partial charge >= 0.3 is 0 Å². The highest BCUT2D eigenvalue weighted by Crippen LogP contribution is 2.32. The number of hydrogen-bond acceptors (Lipinski definition) is 3. The van der Waals surface area contributed by atoms with Crippen molar-refractivity contribution < 1.29 is 0 Å². The summed E-state index contributed by atoms with van der Waals surface area (Å²) in [6, 6.07) is 0. The maximum atomic E-state index is 6.21. The highest BCUT2D eigenvalue weighted by Gasteiger charge is 2.26. The van der Waals surface area contributed by atoms with Gasteiger partial charge < -0.3 is 10.6 Å². The van der Waals surface area contributed by atoms with E-state index in [9.17, 15) is 0 Å². The summed E-state index contributed by atoms with van der Waals surface area (Å²) in [5, 5.41) is 4.57. The van der Waals surface area contributed by atoms with Gasteiger partial charge in [-0.2, -0.15) is 5.10 Å². The molecule has 0 amide bonds. The van der Waals surface area contributed by atoms with E-state index in [1.54, 1.807) is 0 Å². The first-order chi connectivity index (χ1) is 8.67. The number of anilines is 2. The molecular weight excluding hydrogens is 224 g/mol. The van der Waals surface area contributed by atoms with Crippen LogP contribution in [0.3, 0.4) is 0 Å². The van der Waals surface area contributed by atoms with Gasteiger partial charge in [0.2, 0.25) is 0 Å². The molecule has 0 aromatic carbocycles. The van der Waals surface area contributed by atoms with Gasteiger partial charge in [0.05, 0.1) is 11.4 Å². The second-order valence-corrected chi connectivity index (χ2v) is 5.44. The zero-order valence-electron chi connectivity index (χ0n) is 11.9. The molecule has 1 unspecified atom stereocenters. The summed E-state index contributed by atoms with van der Waals surface area (Å²) in [6.45, 7) is 9.69. The molecule has 102 valence electrons. The van der Waals surface area contributed by atoms with Gasteiger partial charge in [0, 0.05) is 19.6 Å². The van der Waals surface area contributed by atoms with E-state index in [2.05, 4.69) is 28.5 Å². The van der Waals surface area contributed by atoms with E-state index >= 15 is 0 Å². The fourth-order valence-corrected chi connectivity index (χ4v) is 2.95. The average molecular weight is 250 g/mol. The predicted molar refractivity (Wildman–Crippen MR) is 76.9 cm³/mol. The predicted octanol–water partition coefficient (Wildman–Crippen LogP) is 2.81. The van der Waals surface area contributed by atoms with Gasteiger partial charge in [0.1, 0.15) is 0 Å². The Balaban J connectivity index is 2.17. The average Bonchev–Trinajstić information content (AvgIpc) is 2.87. The van der Waals surface area contributed by atoms with Crippen LogP contribution in [0.5, 0.6) is 0 Å². The Hall–Kier alpha value is -1.19. The minimum absolute atomic E-state index is 0.833. The van der Waals surface area contributed by atoms with E-state index in [0.29, 0.717) is 0 Å². The summed E-state index contributed by atoms with van der Waals surface area (Å²) in [7, 11) is 0. The number of aromatic nitrogens is 2. The van der Waals surface area contributed by atoms with Gasteiger partial charge in [-0.25, -0.2) is 4.68 Å². The van der Waals surface area contributed by atoms with E-state index < -0.39 is 0 Å². The summed E-state index contributed by atoms with van der Waals surface area (Å²) in [5.74, 6) is 1.99. The Morgan fingerprint density at radius 2 is 2.11 bits per heavy atom. The number of nitrogen functional groups attached to an aromatic ring is 1. The maximum Gasteiger partial charge on any atom is 0.150 e. The highest BCUT2D eigenvalue weighted by atomic mass is 15.4. The van der Waals surface area contributed by atoms with Crippen LogP contribution in [-0.2, 0) is 6.54 Å². The molecule has 0 bridgehead atoms. The van der Waals surface area contributed by atoms with E-state index in [-0.39, 0.29) is 0 Å². The Morgan fingerprint density at radius 1 is 1.33 bits per heavy atom. The van der Waals surface area contributed by atoms with Crippen LogP contribution in [0, 0.1) is 12.8 Å². The third-order valence-corrected chi connectivity index (χ3v) is 3.86. The molecule has 4 heteroatoms. The second kappa shape index (κ2) is 5.63. The lowest BCUT2D eigenvalue weighted by Gasteiger charge is -2.20. The lowest BCUT2D eigenvalue weighted by molar-refractivity contribution is 0.527. The first-order valence-electron chi connectivity index (χ1n) is 7.25. The molecule has 0 aliphatic carbocycles. The fraction of sp³-hybridized carbons (Fsp3) is 0.786. The molecule has 1 aromatic heterocycles. The minimum Gasteiger partial charge on any atom is -0.394 e. The Kier molecular flexibility index (Phi) is 4.15. The molecule has 2 heterocycles. The van der Waals surface area contributed by atoms with E-state index in [4.69, 9.17) is 5.73 Å².